The molecule has 0 bridgehead atoms. The third-order valence-electron chi connectivity index (χ3n) is 13.7. The standard InChI is InChI=1S/C58H112O6/c1-5-8-10-12-14-16-18-20-22-23-24-25-27-29-31-33-39-43-47-51-58(61)64-55(53-63-57(60)50-46-42-38-35-34-36-40-44-48-54(4)7-3)52-62-56(59)49-45-41-37-32-30-28-26-21-19-17-15-13-11-9-6-2/h54-55H,5-53H2,1-4H3/t54?,55-/m0/s1. The minimum absolute atomic E-state index is 0.0624. The van der Waals surface area contributed by atoms with E-state index in [1.54, 1.807) is 0 Å². The van der Waals surface area contributed by atoms with Crippen molar-refractivity contribution in [2.75, 3.05) is 13.2 Å². The Hall–Kier alpha value is -1.59. The highest BCUT2D eigenvalue weighted by Gasteiger charge is 2.19. The van der Waals surface area contributed by atoms with Gasteiger partial charge in [-0.05, 0) is 25.2 Å². The van der Waals surface area contributed by atoms with E-state index >= 15 is 0 Å². The van der Waals surface area contributed by atoms with Crippen molar-refractivity contribution in [3.05, 3.63) is 0 Å². The second kappa shape index (κ2) is 52.4. The maximum Gasteiger partial charge on any atom is 0.306 e. The predicted molar refractivity (Wildman–Crippen MR) is 275 cm³/mol. The summed E-state index contributed by atoms with van der Waals surface area (Å²) in [4.78, 5) is 38.1. The first kappa shape index (κ1) is 62.4. The van der Waals surface area contributed by atoms with Crippen LogP contribution in [-0.2, 0) is 28.6 Å². The molecule has 0 N–H and O–H groups in total. The number of rotatable bonds is 53. The summed E-state index contributed by atoms with van der Waals surface area (Å²) >= 11 is 0. The molecule has 0 fully saturated rings. The third-order valence-corrected chi connectivity index (χ3v) is 13.7. The van der Waals surface area contributed by atoms with Crippen LogP contribution in [0.25, 0.3) is 0 Å². The van der Waals surface area contributed by atoms with Gasteiger partial charge >= 0.3 is 17.9 Å². The summed E-state index contributed by atoms with van der Waals surface area (Å²) in [6.45, 7) is 9.06. The van der Waals surface area contributed by atoms with Crippen LogP contribution in [0.5, 0.6) is 0 Å². The van der Waals surface area contributed by atoms with Crippen molar-refractivity contribution >= 4 is 17.9 Å². The van der Waals surface area contributed by atoms with E-state index in [0.717, 1.165) is 63.7 Å². The Morgan fingerprint density at radius 1 is 0.312 bits per heavy atom. The zero-order valence-corrected chi connectivity index (χ0v) is 43.8. The average molecular weight is 906 g/mol. The van der Waals surface area contributed by atoms with Crippen molar-refractivity contribution in [1.82, 2.24) is 0 Å². The molecule has 64 heavy (non-hydrogen) atoms. The molecule has 6 heteroatoms. The number of carbonyl (C=O) groups is 3. The smallest absolute Gasteiger partial charge is 0.306 e. The molecule has 0 heterocycles. The molecule has 0 aliphatic carbocycles. The van der Waals surface area contributed by atoms with Gasteiger partial charge in [-0.15, -0.1) is 0 Å². The second-order valence-corrected chi connectivity index (χ2v) is 20.2. The van der Waals surface area contributed by atoms with Crippen LogP contribution in [0.2, 0.25) is 0 Å². The van der Waals surface area contributed by atoms with Gasteiger partial charge in [0.05, 0.1) is 0 Å². The Kier molecular flexibility index (Phi) is 51.1. The molecule has 0 spiro atoms. The van der Waals surface area contributed by atoms with Crippen LogP contribution in [0, 0.1) is 5.92 Å². The molecule has 0 aliphatic heterocycles. The molecule has 0 saturated heterocycles. The van der Waals surface area contributed by atoms with Gasteiger partial charge in [0.15, 0.2) is 6.10 Å². The first-order chi connectivity index (χ1) is 31.4. The van der Waals surface area contributed by atoms with Crippen LogP contribution in [0.3, 0.4) is 0 Å². The van der Waals surface area contributed by atoms with Crippen LogP contribution in [0.4, 0.5) is 0 Å². The molecular formula is C58H112O6. The van der Waals surface area contributed by atoms with Crippen LogP contribution < -0.4 is 0 Å². The highest BCUT2D eigenvalue weighted by atomic mass is 16.6. The molecule has 2 atom stereocenters. The lowest BCUT2D eigenvalue weighted by atomic mass is 9.99. The number of hydrogen-bond donors (Lipinski definition) is 0. The zero-order valence-electron chi connectivity index (χ0n) is 43.8. The lowest BCUT2D eigenvalue weighted by Gasteiger charge is -2.18. The van der Waals surface area contributed by atoms with Crippen molar-refractivity contribution in [3.8, 4) is 0 Å². The fourth-order valence-corrected chi connectivity index (χ4v) is 8.89. The van der Waals surface area contributed by atoms with Gasteiger partial charge in [0.1, 0.15) is 13.2 Å². The minimum Gasteiger partial charge on any atom is -0.462 e. The molecule has 6 nitrogen and oxygen atoms in total. The maximum atomic E-state index is 12.8. The lowest BCUT2D eigenvalue weighted by molar-refractivity contribution is -0.167. The molecular weight excluding hydrogens is 793 g/mol. The highest BCUT2D eigenvalue weighted by molar-refractivity contribution is 5.71. The number of unbranched alkanes of at least 4 members (excludes halogenated alkanes) is 39. The van der Waals surface area contributed by atoms with Crippen molar-refractivity contribution in [2.24, 2.45) is 5.92 Å². The molecule has 0 rings (SSSR count). The zero-order chi connectivity index (χ0) is 46.7. The quantitative estimate of drug-likeness (QED) is 0.0344. The van der Waals surface area contributed by atoms with E-state index in [9.17, 15) is 14.4 Å². The van der Waals surface area contributed by atoms with E-state index in [1.165, 1.54) is 225 Å². The van der Waals surface area contributed by atoms with Crippen LogP contribution in [0.1, 0.15) is 329 Å². The van der Waals surface area contributed by atoms with E-state index in [4.69, 9.17) is 14.2 Å². The van der Waals surface area contributed by atoms with Gasteiger partial charge in [-0.1, -0.05) is 291 Å². The molecule has 0 aromatic rings. The van der Waals surface area contributed by atoms with Crippen molar-refractivity contribution < 1.29 is 28.6 Å². The summed E-state index contributed by atoms with van der Waals surface area (Å²) in [7, 11) is 0. The third kappa shape index (κ3) is 49.8. The van der Waals surface area contributed by atoms with Gasteiger partial charge in [-0.3, -0.25) is 14.4 Å². The Bertz CT molecular complexity index is 966. The Labute approximate surface area is 399 Å². The van der Waals surface area contributed by atoms with Gasteiger partial charge in [0.2, 0.25) is 0 Å². The van der Waals surface area contributed by atoms with Crippen LogP contribution in [-0.4, -0.2) is 37.2 Å². The van der Waals surface area contributed by atoms with Gasteiger partial charge in [-0.25, -0.2) is 0 Å². The van der Waals surface area contributed by atoms with E-state index < -0.39 is 6.10 Å². The normalized spacial score (nSPS) is 12.4. The highest BCUT2D eigenvalue weighted by Crippen LogP contribution is 2.18. The Morgan fingerprint density at radius 2 is 0.547 bits per heavy atom. The molecule has 0 aromatic heterocycles. The summed E-state index contributed by atoms with van der Waals surface area (Å²) in [6, 6.07) is 0. The van der Waals surface area contributed by atoms with E-state index in [2.05, 4.69) is 27.7 Å². The molecule has 0 radical (unpaired) electrons. The number of hydrogen-bond acceptors (Lipinski definition) is 6. The molecule has 0 amide bonds. The SMILES string of the molecule is CCCCCCCCCCCCCCCCCCCCCC(=O)O[C@@H](COC(=O)CCCCCCCCCCCCCCCCC)COC(=O)CCCCCCCCCCC(C)CC. The minimum atomic E-state index is -0.762. The van der Waals surface area contributed by atoms with Gasteiger partial charge in [0.25, 0.3) is 0 Å². The molecule has 380 valence electrons. The van der Waals surface area contributed by atoms with Crippen molar-refractivity contribution in [1.29, 1.82) is 0 Å². The first-order valence-electron chi connectivity index (χ1n) is 28.9. The molecule has 1 unspecified atom stereocenters. The molecule has 0 saturated carbocycles. The fourth-order valence-electron chi connectivity index (χ4n) is 8.89. The summed E-state index contributed by atoms with van der Waals surface area (Å²) in [5, 5.41) is 0. The van der Waals surface area contributed by atoms with E-state index in [-0.39, 0.29) is 31.1 Å². The number of ether oxygens (including phenoxy) is 3. The first-order valence-corrected chi connectivity index (χ1v) is 28.9. The monoisotopic (exact) mass is 905 g/mol. The number of esters is 3. The van der Waals surface area contributed by atoms with E-state index in [1.807, 2.05) is 0 Å². The lowest BCUT2D eigenvalue weighted by Crippen LogP contribution is -2.30. The number of carbonyl (C=O) groups excluding carboxylic acids is 3. The fraction of sp³-hybridized carbons (Fsp3) is 0.948. The average Bonchev–Trinajstić information content (AvgIpc) is 3.29. The van der Waals surface area contributed by atoms with Crippen LogP contribution in [0.15, 0.2) is 0 Å². The molecule has 0 aliphatic rings. The largest absolute Gasteiger partial charge is 0.462 e. The summed E-state index contributed by atoms with van der Waals surface area (Å²) < 4.78 is 16.9. The van der Waals surface area contributed by atoms with Gasteiger partial charge in [-0.2, -0.15) is 0 Å². The van der Waals surface area contributed by atoms with Crippen molar-refractivity contribution in [2.45, 2.75) is 336 Å². The predicted octanol–water partition coefficient (Wildman–Crippen LogP) is 19.0. The van der Waals surface area contributed by atoms with E-state index in [0.29, 0.717) is 19.3 Å². The second-order valence-electron chi connectivity index (χ2n) is 20.2. The Balaban J connectivity index is 4.28. The maximum absolute atomic E-state index is 12.8. The topological polar surface area (TPSA) is 78.9 Å². The van der Waals surface area contributed by atoms with Crippen LogP contribution >= 0.6 is 0 Å². The van der Waals surface area contributed by atoms with Crippen molar-refractivity contribution in [3.63, 3.8) is 0 Å². The van der Waals surface area contributed by atoms with Gasteiger partial charge in [0, 0.05) is 19.3 Å². The van der Waals surface area contributed by atoms with Gasteiger partial charge < -0.3 is 14.2 Å². The molecule has 0 aromatic carbocycles. The summed E-state index contributed by atoms with van der Waals surface area (Å²) in [5.41, 5.74) is 0. The summed E-state index contributed by atoms with van der Waals surface area (Å²) in [6.07, 6.45) is 56.6. The summed E-state index contributed by atoms with van der Waals surface area (Å²) in [5.74, 6) is 0.00984. The Morgan fingerprint density at radius 3 is 0.812 bits per heavy atom.